The third-order valence-electron chi connectivity index (χ3n) is 4.65. The van der Waals surface area contributed by atoms with Gasteiger partial charge in [0.05, 0.1) is 17.6 Å². The average Bonchev–Trinajstić information content (AvgIpc) is 2.59. The van der Waals surface area contributed by atoms with Crippen molar-refractivity contribution in [3.8, 4) is 0 Å². The zero-order valence-corrected chi connectivity index (χ0v) is 16.3. The smallest absolute Gasteiger partial charge is 0.212 e. The predicted molar refractivity (Wildman–Crippen MR) is 97.3 cm³/mol. The van der Waals surface area contributed by atoms with Gasteiger partial charge in [-0.05, 0) is 24.8 Å². The van der Waals surface area contributed by atoms with Crippen LogP contribution in [0.4, 0.5) is 0 Å². The lowest BCUT2D eigenvalue weighted by molar-refractivity contribution is -0.0401. The highest BCUT2D eigenvalue weighted by molar-refractivity contribution is 7.89. The van der Waals surface area contributed by atoms with Crippen LogP contribution < -0.4 is 4.72 Å². The third-order valence-corrected chi connectivity index (χ3v) is 7.28. The van der Waals surface area contributed by atoms with Crippen LogP contribution in [0.25, 0.3) is 0 Å². The Morgan fingerprint density at radius 1 is 1.12 bits per heavy atom. The Morgan fingerprint density at radius 2 is 1.72 bits per heavy atom. The molecule has 1 aromatic carbocycles. The van der Waals surface area contributed by atoms with Gasteiger partial charge in [-0.2, -0.15) is 0 Å². The highest BCUT2D eigenvalue weighted by Crippen LogP contribution is 2.26. The standard InChI is InChI=1S/C16H26N2O5S2/c1-23-16(9-11-18(12-10-16)24(2,19)20)14-17-25(21,22)13-8-15-6-4-3-5-7-15/h3-7,17H,8-14H2,1-2H3. The van der Waals surface area contributed by atoms with E-state index in [2.05, 4.69) is 4.72 Å². The minimum atomic E-state index is -3.43. The summed E-state index contributed by atoms with van der Waals surface area (Å²) in [6, 6.07) is 9.44. The number of ether oxygens (including phenoxy) is 1. The summed E-state index contributed by atoms with van der Waals surface area (Å²) in [6.45, 7) is 0.815. The summed E-state index contributed by atoms with van der Waals surface area (Å²) in [5, 5.41) is 0. The van der Waals surface area contributed by atoms with E-state index in [1.807, 2.05) is 30.3 Å². The quantitative estimate of drug-likeness (QED) is 0.701. The lowest BCUT2D eigenvalue weighted by Crippen LogP contribution is -2.53. The maximum atomic E-state index is 12.3. The number of nitrogens with one attached hydrogen (secondary N) is 1. The first-order valence-electron chi connectivity index (χ1n) is 8.17. The Bertz CT molecular complexity index is 755. The van der Waals surface area contributed by atoms with Gasteiger partial charge in [0.15, 0.2) is 0 Å². The van der Waals surface area contributed by atoms with E-state index < -0.39 is 25.6 Å². The molecule has 1 aliphatic heterocycles. The van der Waals surface area contributed by atoms with E-state index in [1.54, 1.807) is 0 Å². The minimum Gasteiger partial charge on any atom is -0.377 e. The van der Waals surface area contributed by atoms with Crippen LogP contribution in [0.2, 0.25) is 0 Å². The monoisotopic (exact) mass is 390 g/mol. The van der Waals surface area contributed by atoms with Crippen LogP contribution in [-0.2, 0) is 31.2 Å². The summed E-state index contributed by atoms with van der Waals surface area (Å²) in [5.74, 6) is 0.00622. The number of nitrogens with zero attached hydrogens (tertiary/aromatic N) is 1. The Balaban J connectivity index is 1.89. The van der Waals surface area contributed by atoms with E-state index in [-0.39, 0.29) is 12.3 Å². The topological polar surface area (TPSA) is 92.8 Å². The highest BCUT2D eigenvalue weighted by atomic mass is 32.2. The molecule has 1 saturated heterocycles. The molecule has 0 atom stereocenters. The molecule has 1 fully saturated rings. The van der Waals surface area contributed by atoms with E-state index >= 15 is 0 Å². The predicted octanol–water partition coefficient (Wildman–Crippen LogP) is 0.589. The van der Waals surface area contributed by atoms with Crippen LogP contribution in [-0.4, -0.2) is 65.5 Å². The van der Waals surface area contributed by atoms with Crippen LogP contribution in [0.15, 0.2) is 30.3 Å². The number of rotatable bonds is 8. The molecule has 0 spiro atoms. The summed E-state index contributed by atoms with van der Waals surface area (Å²) in [6.07, 6.45) is 2.53. The van der Waals surface area contributed by atoms with Crippen molar-refractivity contribution in [2.24, 2.45) is 0 Å². The molecule has 9 heteroatoms. The van der Waals surface area contributed by atoms with Crippen LogP contribution in [0.5, 0.6) is 0 Å². The van der Waals surface area contributed by atoms with E-state index in [9.17, 15) is 16.8 Å². The van der Waals surface area contributed by atoms with Crippen molar-refractivity contribution in [3.63, 3.8) is 0 Å². The Hall–Kier alpha value is -1.00. The second-order valence-corrected chi connectivity index (χ2v) is 10.3. The first-order chi connectivity index (χ1) is 11.7. The molecule has 0 saturated carbocycles. The van der Waals surface area contributed by atoms with E-state index in [1.165, 1.54) is 17.7 Å². The molecule has 1 aromatic rings. The van der Waals surface area contributed by atoms with Gasteiger partial charge in [-0.1, -0.05) is 30.3 Å². The van der Waals surface area contributed by atoms with Gasteiger partial charge in [0.2, 0.25) is 20.0 Å². The summed E-state index contributed by atoms with van der Waals surface area (Å²) in [4.78, 5) is 0. The molecule has 0 aromatic heterocycles. The molecule has 0 bridgehead atoms. The van der Waals surface area contributed by atoms with Crippen LogP contribution in [0.1, 0.15) is 18.4 Å². The largest absolute Gasteiger partial charge is 0.377 e. The average molecular weight is 391 g/mol. The second-order valence-electron chi connectivity index (χ2n) is 6.42. The summed E-state index contributed by atoms with van der Waals surface area (Å²) in [5.41, 5.74) is 0.303. The van der Waals surface area contributed by atoms with Crippen molar-refractivity contribution in [1.82, 2.24) is 9.03 Å². The zero-order valence-electron chi connectivity index (χ0n) is 14.6. The number of sulfonamides is 2. The maximum Gasteiger partial charge on any atom is 0.212 e. The van der Waals surface area contributed by atoms with Gasteiger partial charge in [0.1, 0.15) is 0 Å². The van der Waals surface area contributed by atoms with Gasteiger partial charge in [-0.25, -0.2) is 25.9 Å². The van der Waals surface area contributed by atoms with Crippen LogP contribution in [0, 0.1) is 0 Å². The number of piperidine rings is 1. The number of hydrogen-bond donors (Lipinski definition) is 1. The Morgan fingerprint density at radius 3 is 2.24 bits per heavy atom. The molecule has 142 valence electrons. The van der Waals surface area contributed by atoms with Crippen molar-refractivity contribution < 1.29 is 21.6 Å². The molecule has 0 amide bonds. The third kappa shape index (κ3) is 6.03. The first-order valence-corrected chi connectivity index (χ1v) is 11.7. The van der Waals surface area contributed by atoms with Crippen molar-refractivity contribution in [1.29, 1.82) is 0 Å². The molecule has 7 nitrogen and oxygen atoms in total. The Kier molecular flexibility index (Phi) is 6.61. The number of benzene rings is 1. The molecule has 0 radical (unpaired) electrons. The Labute approximate surface area is 150 Å². The lowest BCUT2D eigenvalue weighted by atomic mass is 9.92. The highest BCUT2D eigenvalue weighted by Gasteiger charge is 2.37. The van der Waals surface area contributed by atoms with Crippen LogP contribution in [0.3, 0.4) is 0 Å². The maximum absolute atomic E-state index is 12.3. The molecule has 1 heterocycles. The fourth-order valence-corrected chi connectivity index (χ4v) is 4.87. The van der Waals surface area contributed by atoms with Gasteiger partial charge in [0, 0.05) is 26.7 Å². The zero-order chi connectivity index (χ0) is 18.6. The van der Waals surface area contributed by atoms with Gasteiger partial charge < -0.3 is 4.74 Å². The summed E-state index contributed by atoms with van der Waals surface area (Å²) in [7, 11) is -5.12. The molecule has 2 rings (SSSR count). The number of aryl methyl sites for hydroxylation is 1. The van der Waals surface area contributed by atoms with Crippen molar-refractivity contribution in [2.45, 2.75) is 24.9 Å². The fraction of sp³-hybridized carbons (Fsp3) is 0.625. The van der Waals surface area contributed by atoms with Crippen molar-refractivity contribution in [2.75, 3.05) is 38.8 Å². The van der Waals surface area contributed by atoms with Crippen LogP contribution >= 0.6 is 0 Å². The molecular weight excluding hydrogens is 364 g/mol. The number of hydrogen-bond acceptors (Lipinski definition) is 5. The van der Waals surface area contributed by atoms with Gasteiger partial charge in [-0.15, -0.1) is 0 Å². The molecule has 25 heavy (non-hydrogen) atoms. The molecule has 1 aliphatic rings. The van der Waals surface area contributed by atoms with Crippen molar-refractivity contribution in [3.05, 3.63) is 35.9 Å². The summed E-state index contributed by atoms with van der Waals surface area (Å²) >= 11 is 0. The van der Waals surface area contributed by atoms with Gasteiger partial charge >= 0.3 is 0 Å². The van der Waals surface area contributed by atoms with E-state index in [0.717, 1.165) is 5.56 Å². The molecule has 0 unspecified atom stereocenters. The number of methoxy groups -OCH3 is 1. The molecule has 0 aliphatic carbocycles. The summed E-state index contributed by atoms with van der Waals surface area (Å²) < 4.78 is 57.3. The van der Waals surface area contributed by atoms with Gasteiger partial charge in [0.25, 0.3) is 0 Å². The van der Waals surface area contributed by atoms with E-state index in [4.69, 9.17) is 4.74 Å². The minimum absolute atomic E-state index is 0.00622. The normalized spacial score (nSPS) is 19.0. The molecule has 1 N–H and O–H groups in total. The van der Waals surface area contributed by atoms with E-state index in [0.29, 0.717) is 32.4 Å². The first kappa shape index (κ1) is 20.3. The fourth-order valence-electron chi connectivity index (χ4n) is 2.89. The van der Waals surface area contributed by atoms with Crippen molar-refractivity contribution >= 4 is 20.0 Å². The second kappa shape index (κ2) is 8.13. The lowest BCUT2D eigenvalue weighted by Gasteiger charge is -2.39. The SMILES string of the molecule is COC1(CNS(=O)(=O)CCc2ccccc2)CCN(S(C)(=O)=O)CC1. The molecular formula is C16H26N2O5S2. The van der Waals surface area contributed by atoms with Gasteiger partial charge in [-0.3, -0.25) is 0 Å².